The van der Waals surface area contributed by atoms with Crippen molar-refractivity contribution in [1.29, 1.82) is 0 Å². The summed E-state index contributed by atoms with van der Waals surface area (Å²) in [6, 6.07) is 9.91. The summed E-state index contributed by atoms with van der Waals surface area (Å²) in [6.45, 7) is 5.35. The number of piperidine rings is 1. The third-order valence-corrected chi connectivity index (χ3v) is 5.51. The van der Waals surface area contributed by atoms with Crippen LogP contribution in [-0.4, -0.2) is 46.3 Å². The Morgan fingerprint density at radius 2 is 1.92 bits per heavy atom. The topological polar surface area (TPSA) is 50.5 Å². The van der Waals surface area contributed by atoms with Crippen molar-refractivity contribution in [2.45, 2.75) is 39.2 Å². The Balaban J connectivity index is 1.89. The molecule has 0 radical (unpaired) electrons. The second-order valence-electron chi connectivity index (χ2n) is 7.18. The normalized spacial score (nSPS) is 18.1. The molecule has 1 unspecified atom stereocenters. The lowest BCUT2D eigenvalue weighted by Gasteiger charge is -2.33. The summed E-state index contributed by atoms with van der Waals surface area (Å²) < 4.78 is 3.41. The molecule has 1 aliphatic heterocycles. The average molecular weight is 356 g/mol. The lowest BCUT2D eigenvalue weighted by molar-refractivity contribution is -0.120. The Hall–Kier alpha value is -2.34. The first kappa shape index (κ1) is 18.5. The number of carbonyl (C=O) groups excluding carboxylic acids is 1. The second kappa shape index (κ2) is 7.50. The quantitative estimate of drug-likeness (QED) is 0.845. The largest absolute Gasteiger partial charge is 0.308 e. The highest BCUT2D eigenvalue weighted by Crippen LogP contribution is 2.19. The first-order valence-electron chi connectivity index (χ1n) is 9.26. The number of anilines is 1. The van der Waals surface area contributed by atoms with Gasteiger partial charge < -0.3 is 4.90 Å². The maximum absolute atomic E-state index is 13.0. The van der Waals surface area contributed by atoms with Crippen molar-refractivity contribution >= 4 is 11.6 Å². The Bertz CT molecular complexity index is 837. The van der Waals surface area contributed by atoms with E-state index in [0.717, 1.165) is 30.8 Å². The van der Waals surface area contributed by atoms with Gasteiger partial charge in [-0.2, -0.15) is 0 Å². The van der Waals surface area contributed by atoms with Gasteiger partial charge in [-0.3, -0.25) is 19.2 Å². The molecule has 1 aromatic carbocycles. The zero-order valence-electron chi connectivity index (χ0n) is 16.1. The van der Waals surface area contributed by atoms with E-state index in [0.29, 0.717) is 18.3 Å². The van der Waals surface area contributed by atoms with E-state index in [1.165, 1.54) is 11.3 Å². The zero-order chi connectivity index (χ0) is 18.8. The number of carbonyl (C=O) groups is 1. The third-order valence-electron chi connectivity index (χ3n) is 5.51. The fourth-order valence-corrected chi connectivity index (χ4v) is 3.74. The van der Waals surface area contributed by atoms with Crippen LogP contribution in [0.15, 0.2) is 35.1 Å². The summed E-state index contributed by atoms with van der Waals surface area (Å²) in [5.74, 6) is -0.0373. The maximum Gasteiger partial charge on any atom is 0.295 e. The van der Waals surface area contributed by atoms with Gasteiger partial charge in [0.25, 0.3) is 5.56 Å². The van der Waals surface area contributed by atoms with Crippen molar-refractivity contribution in [2.75, 3.05) is 25.0 Å². The SMILES string of the molecule is Cc1c(N(C)C(=O)CN2CCCCC2C)c(=O)n(-c2ccccc2)n1C. The molecule has 0 spiro atoms. The highest BCUT2D eigenvalue weighted by Gasteiger charge is 2.26. The molecule has 0 bridgehead atoms. The van der Waals surface area contributed by atoms with Crippen molar-refractivity contribution in [2.24, 2.45) is 7.05 Å². The van der Waals surface area contributed by atoms with Crippen LogP contribution in [-0.2, 0) is 11.8 Å². The lowest BCUT2D eigenvalue weighted by atomic mass is 10.0. The van der Waals surface area contributed by atoms with Gasteiger partial charge in [0.15, 0.2) is 0 Å². The Morgan fingerprint density at radius 3 is 2.58 bits per heavy atom. The second-order valence-corrected chi connectivity index (χ2v) is 7.18. The molecular weight excluding hydrogens is 328 g/mol. The summed E-state index contributed by atoms with van der Waals surface area (Å²) in [6.07, 6.45) is 3.48. The molecule has 2 aromatic rings. The predicted octanol–water partition coefficient (Wildman–Crippen LogP) is 2.32. The minimum absolute atomic E-state index is 0.0373. The minimum atomic E-state index is -0.168. The molecule has 1 fully saturated rings. The van der Waals surface area contributed by atoms with Crippen molar-refractivity contribution in [3.05, 3.63) is 46.4 Å². The summed E-state index contributed by atoms with van der Waals surface area (Å²) >= 11 is 0. The van der Waals surface area contributed by atoms with Crippen LogP contribution in [0.1, 0.15) is 31.9 Å². The maximum atomic E-state index is 13.0. The average Bonchev–Trinajstić information content (AvgIpc) is 2.86. The fraction of sp³-hybridized carbons (Fsp3) is 0.500. The van der Waals surface area contributed by atoms with Crippen LogP contribution in [0.3, 0.4) is 0 Å². The van der Waals surface area contributed by atoms with Gasteiger partial charge >= 0.3 is 0 Å². The number of likely N-dealkylation sites (N-methyl/N-ethyl adjacent to an activating group) is 1. The number of nitrogens with zero attached hydrogens (tertiary/aromatic N) is 4. The van der Waals surface area contributed by atoms with Crippen LogP contribution in [0.25, 0.3) is 5.69 Å². The molecule has 6 heteroatoms. The van der Waals surface area contributed by atoms with E-state index in [1.807, 2.05) is 44.3 Å². The van der Waals surface area contributed by atoms with Crippen molar-refractivity contribution < 1.29 is 4.79 Å². The van der Waals surface area contributed by atoms with E-state index in [4.69, 9.17) is 0 Å². The molecule has 0 N–H and O–H groups in total. The Labute approximate surface area is 154 Å². The van der Waals surface area contributed by atoms with Crippen LogP contribution < -0.4 is 10.5 Å². The van der Waals surface area contributed by atoms with Gasteiger partial charge in [0, 0.05) is 20.1 Å². The third kappa shape index (κ3) is 3.33. The standard InChI is InChI=1S/C20H28N4O2/c1-15-10-8-9-13-23(15)14-18(25)21(3)19-16(2)22(4)24(20(19)26)17-11-6-5-7-12-17/h5-7,11-12,15H,8-10,13-14H2,1-4H3. The van der Waals surface area contributed by atoms with Crippen LogP contribution in [0.4, 0.5) is 5.69 Å². The monoisotopic (exact) mass is 356 g/mol. The summed E-state index contributed by atoms with van der Waals surface area (Å²) in [5, 5.41) is 0. The van der Waals surface area contributed by atoms with Gasteiger partial charge in [-0.05, 0) is 45.4 Å². The zero-order valence-corrected chi connectivity index (χ0v) is 16.1. The molecule has 1 amide bonds. The molecule has 0 aliphatic carbocycles. The first-order valence-corrected chi connectivity index (χ1v) is 9.26. The number of likely N-dealkylation sites (tertiary alicyclic amines) is 1. The number of rotatable bonds is 4. The molecule has 140 valence electrons. The van der Waals surface area contributed by atoms with Crippen molar-refractivity contribution in [1.82, 2.24) is 14.3 Å². The highest BCUT2D eigenvalue weighted by atomic mass is 16.2. The fourth-order valence-electron chi connectivity index (χ4n) is 3.74. The van der Waals surface area contributed by atoms with Gasteiger partial charge in [-0.1, -0.05) is 24.6 Å². The highest BCUT2D eigenvalue weighted by molar-refractivity contribution is 5.94. The van der Waals surface area contributed by atoms with Gasteiger partial charge in [-0.25, -0.2) is 4.68 Å². The summed E-state index contributed by atoms with van der Waals surface area (Å²) in [4.78, 5) is 29.6. The summed E-state index contributed by atoms with van der Waals surface area (Å²) in [7, 11) is 3.55. The van der Waals surface area contributed by atoms with Crippen LogP contribution in [0.2, 0.25) is 0 Å². The van der Waals surface area contributed by atoms with Gasteiger partial charge in [0.2, 0.25) is 5.91 Å². The molecule has 1 aliphatic rings. The Morgan fingerprint density at radius 1 is 1.23 bits per heavy atom. The number of benzene rings is 1. The van der Waals surface area contributed by atoms with E-state index in [9.17, 15) is 9.59 Å². The van der Waals surface area contributed by atoms with Crippen molar-refractivity contribution in [3.8, 4) is 5.69 Å². The Kier molecular flexibility index (Phi) is 5.32. The van der Waals surface area contributed by atoms with Crippen LogP contribution in [0, 0.1) is 6.92 Å². The molecule has 1 atom stereocenters. The molecule has 6 nitrogen and oxygen atoms in total. The van der Waals surface area contributed by atoms with Crippen LogP contribution in [0.5, 0.6) is 0 Å². The van der Waals surface area contributed by atoms with E-state index >= 15 is 0 Å². The molecule has 3 rings (SSSR count). The van der Waals surface area contributed by atoms with E-state index in [2.05, 4.69) is 11.8 Å². The molecule has 26 heavy (non-hydrogen) atoms. The molecule has 1 saturated heterocycles. The molecule has 0 saturated carbocycles. The number of amides is 1. The molecular formula is C20H28N4O2. The predicted molar refractivity (Wildman–Crippen MR) is 104 cm³/mol. The van der Waals surface area contributed by atoms with E-state index in [1.54, 1.807) is 16.4 Å². The van der Waals surface area contributed by atoms with Gasteiger partial charge in [-0.15, -0.1) is 0 Å². The number of para-hydroxylation sites is 1. The molecule has 2 heterocycles. The van der Waals surface area contributed by atoms with E-state index < -0.39 is 0 Å². The minimum Gasteiger partial charge on any atom is -0.308 e. The van der Waals surface area contributed by atoms with Gasteiger partial charge in [0.1, 0.15) is 5.69 Å². The first-order chi connectivity index (χ1) is 12.4. The summed E-state index contributed by atoms with van der Waals surface area (Å²) in [5.41, 5.74) is 1.85. The number of hydrogen-bond donors (Lipinski definition) is 0. The lowest BCUT2D eigenvalue weighted by Crippen LogP contribution is -2.45. The van der Waals surface area contributed by atoms with Crippen LogP contribution >= 0.6 is 0 Å². The van der Waals surface area contributed by atoms with Crippen molar-refractivity contribution in [3.63, 3.8) is 0 Å². The van der Waals surface area contributed by atoms with E-state index in [-0.39, 0.29) is 11.5 Å². The molecule has 1 aromatic heterocycles. The smallest absolute Gasteiger partial charge is 0.295 e. The number of hydrogen-bond acceptors (Lipinski definition) is 3. The van der Waals surface area contributed by atoms with Gasteiger partial charge in [0.05, 0.1) is 17.9 Å². The number of aromatic nitrogens is 2.